The van der Waals surface area contributed by atoms with Crippen molar-refractivity contribution in [2.24, 2.45) is 0 Å². The molecule has 6 rings (SSSR count). The molecule has 0 spiro atoms. The van der Waals surface area contributed by atoms with Crippen LogP contribution in [0.3, 0.4) is 0 Å². The number of benzene rings is 2. The van der Waals surface area contributed by atoms with Crippen LogP contribution in [-0.4, -0.2) is 49.8 Å². The van der Waals surface area contributed by atoms with Crippen molar-refractivity contribution in [2.75, 3.05) is 13.2 Å². The average molecular weight is 585 g/mol. The minimum absolute atomic E-state index is 0.0296. The van der Waals surface area contributed by atoms with Crippen LogP contribution in [0.15, 0.2) is 42.5 Å². The molecule has 0 unspecified atom stereocenters. The first-order chi connectivity index (χ1) is 19.3. The third-order valence-electron chi connectivity index (χ3n) is 7.65. The number of aromatic nitrogens is 3. The number of carboxylic acids is 1. The zero-order valence-electron chi connectivity index (χ0n) is 21.7. The van der Waals surface area contributed by atoms with Crippen LogP contribution in [0.25, 0.3) is 11.0 Å². The number of pyridine rings is 1. The Kier molecular flexibility index (Phi) is 7.39. The topological polar surface area (TPSA) is 89.7 Å². The molecule has 1 fully saturated rings. The molecule has 1 saturated heterocycles. The largest absolute Gasteiger partial charge is 0.478 e. The summed E-state index contributed by atoms with van der Waals surface area (Å²) >= 11 is 12.4. The molecule has 40 heavy (non-hydrogen) atoms. The van der Waals surface area contributed by atoms with Crippen molar-refractivity contribution in [1.82, 2.24) is 19.4 Å². The van der Waals surface area contributed by atoms with Gasteiger partial charge in [-0.1, -0.05) is 29.3 Å². The highest BCUT2D eigenvalue weighted by Gasteiger charge is 2.30. The van der Waals surface area contributed by atoms with Gasteiger partial charge in [-0.25, -0.2) is 19.2 Å². The SMILES string of the molecule is C[C@H]1c2nc(OCc3ccc(Cl)cc3F)c(Cl)cc2CCN1Cc1nc2ccc(C(=O)O)cc2n1C[C@@H]1CCO1. The lowest BCUT2D eigenvalue weighted by molar-refractivity contribution is -0.0592. The predicted molar refractivity (Wildman–Crippen MR) is 149 cm³/mol. The summed E-state index contributed by atoms with van der Waals surface area (Å²) in [5.41, 5.74) is 4.00. The van der Waals surface area contributed by atoms with Gasteiger partial charge in [0.25, 0.3) is 0 Å². The minimum atomic E-state index is -0.973. The normalized spacial score (nSPS) is 18.9. The Hall–Kier alpha value is -3.24. The van der Waals surface area contributed by atoms with Crippen molar-refractivity contribution >= 4 is 40.2 Å². The van der Waals surface area contributed by atoms with Crippen molar-refractivity contribution in [1.29, 1.82) is 0 Å². The zero-order chi connectivity index (χ0) is 28.0. The minimum Gasteiger partial charge on any atom is -0.478 e. The van der Waals surface area contributed by atoms with Gasteiger partial charge in [-0.2, -0.15) is 0 Å². The fourth-order valence-corrected chi connectivity index (χ4v) is 5.65. The molecule has 0 amide bonds. The third kappa shape index (κ3) is 5.26. The summed E-state index contributed by atoms with van der Waals surface area (Å²) in [6.07, 6.45) is 1.78. The van der Waals surface area contributed by atoms with Gasteiger partial charge < -0.3 is 19.1 Å². The van der Waals surface area contributed by atoms with Gasteiger partial charge in [0.2, 0.25) is 5.88 Å². The molecule has 4 heterocycles. The monoisotopic (exact) mass is 584 g/mol. The number of ether oxygens (including phenoxy) is 2. The number of imidazole rings is 1. The van der Waals surface area contributed by atoms with Crippen LogP contribution in [0.4, 0.5) is 4.39 Å². The molecular weight excluding hydrogens is 558 g/mol. The summed E-state index contributed by atoms with van der Waals surface area (Å²) < 4.78 is 27.9. The summed E-state index contributed by atoms with van der Waals surface area (Å²) in [5.74, 6) is -0.336. The summed E-state index contributed by atoms with van der Waals surface area (Å²) in [4.78, 5) is 23.5. The fraction of sp³-hybridized carbons (Fsp3) is 0.345. The van der Waals surface area contributed by atoms with Gasteiger partial charge in [-0.05, 0) is 61.7 Å². The Balaban J connectivity index is 1.26. The molecular formula is C29H27Cl2FN4O4. The molecule has 208 valence electrons. The van der Waals surface area contributed by atoms with Crippen molar-refractivity contribution < 1.29 is 23.8 Å². The Bertz CT molecular complexity index is 1610. The standard InChI is InChI=1S/C29H27Cl2FN4O4/c1-16-27-17(10-22(31)28(34-27)40-15-19-2-4-20(30)12-23(19)32)6-8-35(16)14-26-33-24-5-3-18(29(37)38)11-25(24)36(26)13-21-7-9-39-21/h2-5,10-12,16,21H,6-9,13-15H2,1H3,(H,37,38)/t16-,21-/m0/s1. The number of fused-ring (bicyclic) bond motifs is 2. The van der Waals surface area contributed by atoms with E-state index in [9.17, 15) is 14.3 Å². The molecule has 1 N–H and O–H groups in total. The number of halogens is 3. The number of carboxylic acid groups (broad SMARTS) is 1. The molecule has 2 aliphatic rings. The summed E-state index contributed by atoms with van der Waals surface area (Å²) in [5, 5.41) is 10.2. The highest BCUT2D eigenvalue weighted by atomic mass is 35.5. The van der Waals surface area contributed by atoms with Crippen LogP contribution in [-0.2, 0) is 30.9 Å². The molecule has 0 saturated carbocycles. The number of carbonyl (C=O) groups is 1. The van der Waals surface area contributed by atoms with E-state index in [1.54, 1.807) is 30.3 Å². The second-order valence-corrected chi connectivity index (χ2v) is 11.0. The Morgan fingerprint density at radius 1 is 1.20 bits per heavy atom. The first kappa shape index (κ1) is 27.0. The molecule has 2 atom stereocenters. The van der Waals surface area contributed by atoms with Gasteiger partial charge in [0.05, 0.1) is 47.5 Å². The smallest absolute Gasteiger partial charge is 0.335 e. The molecule has 11 heteroatoms. The molecule has 8 nitrogen and oxygen atoms in total. The number of aromatic carboxylic acids is 1. The maximum absolute atomic E-state index is 14.3. The third-order valence-corrected chi connectivity index (χ3v) is 8.15. The quantitative estimate of drug-likeness (QED) is 0.269. The summed E-state index contributed by atoms with van der Waals surface area (Å²) in [7, 11) is 0. The second kappa shape index (κ2) is 11.0. The van der Waals surface area contributed by atoms with E-state index < -0.39 is 11.8 Å². The lowest BCUT2D eigenvalue weighted by Crippen LogP contribution is -2.36. The molecule has 2 aromatic carbocycles. The van der Waals surface area contributed by atoms with Gasteiger partial charge >= 0.3 is 5.97 Å². The highest BCUT2D eigenvalue weighted by Crippen LogP contribution is 2.35. The Morgan fingerprint density at radius 3 is 2.75 bits per heavy atom. The molecule has 0 radical (unpaired) electrons. The van der Waals surface area contributed by atoms with Gasteiger partial charge in [0, 0.05) is 23.7 Å². The van der Waals surface area contributed by atoms with Crippen LogP contribution in [0.1, 0.15) is 52.4 Å². The number of nitrogens with zero attached hydrogens (tertiary/aromatic N) is 4. The van der Waals surface area contributed by atoms with E-state index in [2.05, 4.69) is 16.4 Å². The summed E-state index contributed by atoms with van der Waals surface area (Å²) in [6.45, 7) is 4.70. The van der Waals surface area contributed by atoms with Crippen LogP contribution < -0.4 is 4.74 Å². The van der Waals surface area contributed by atoms with Crippen LogP contribution in [0.2, 0.25) is 10.0 Å². The van der Waals surface area contributed by atoms with Crippen LogP contribution in [0.5, 0.6) is 5.88 Å². The maximum atomic E-state index is 14.3. The lowest BCUT2D eigenvalue weighted by Gasteiger charge is -2.35. The lowest BCUT2D eigenvalue weighted by atomic mass is 9.99. The van der Waals surface area contributed by atoms with Crippen LogP contribution >= 0.6 is 23.2 Å². The number of hydrogen-bond acceptors (Lipinski definition) is 6. The molecule has 4 aromatic rings. The van der Waals surface area contributed by atoms with E-state index in [0.717, 1.165) is 54.1 Å². The van der Waals surface area contributed by atoms with Gasteiger partial charge in [-0.15, -0.1) is 0 Å². The van der Waals surface area contributed by atoms with Crippen molar-refractivity contribution in [3.63, 3.8) is 0 Å². The van der Waals surface area contributed by atoms with Gasteiger partial charge in [-0.3, -0.25) is 4.90 Å². The van der Waals surface area contributed by atoms with E-state index in [1.807, 2.05) is 6.07 Å². The molecule has 0 aliphatic carbocycles. The first-order valence-corrected chi connectivity index (χ1v) is 13.9. The Morgan fingerprint density at radius 2 is 2.02 bits per heavy atom. The zero-order valence-corrected chi connectivity index (χ0v) is 23.3. The molecule has 0 bridgehead atoms. The van der Waals surface area contributed by atoms with E-state index in [0.29, 0.717) is 28.7 Å². The van der Waals surface area contributed by atoms with E-state index in [-0.39, 0.29) is 30.2 Å². The van der Waals surface area contributed by atoms with E-state index in [1.165, 1.54) is 6.07 Å². The Labute approximate surface area is 240 Å². The van der Waals surface area contributed by atoms with Crippen molar-refractivity contribution in [3.8, 4) is 5.88 Å². The van der Waals surface area contributed by atoms with E-state index in [4.69, 9.17) is 42.6 Å². The average Bonchev–Trinajstić information content (AvgIpc) is 3.23. The fourth-order valence-electron chi connectivity index (χ4n) is 5.26. The first-order valence-electron chi connectivity index (χ1n) is 13.1. The maximum Gasteiger partial charge on any atom is 0.335 e. The van der Waals surface area contributed by atoms with Gasteiger partial charge in [0.15, 0.2) is 0 Å². The number of rotatable bonds is 8. The van der Waals surface area contributed by atoms with Crippen molar-refractivity contribution in [2.45, 2.75) is 51.6 Å². The summed E-state index contributed by atoms with van der Waals surface area (Å²) in [6, 6.07) is 11.3. The second-order valence-electron chi connectivity index (χ2n) is 10.2. The van der Waals surface area contributed by atoms with Gasteiger partial charge in [0.1, 0.15) is 23.3 Å². The number of hydrogen-bond donors (Lipinski definition) is 1. The van der Waals surface area contributed by atoms with Crippen LogP contribution in [0, 0.1) is 5.82 Å². The van der Waals surface area contributed by atoms with E-state index >= 15 is 0 Å². The molecule has 2 aliphatic heterocycles. The van der Waals surface area contributed by atoms with Crippen molar-refractivity contribution in [3.05, 3.63) is 86.5 Å². The molecule has 2 aromatic heterocycles. The highest BCUT2D eigenvalue weighted by molar-refractivity contribution is 6.32. The predicted octanol–water partition coefficient (Wildman–Crippen LogP) is 6.06.